The first-order valence-corrected chi connectivity index (χ1v) is 5.35. The number of benzene rings is 1. The molecule has 0 aliphatic heterocycles. The van der Waals surface area contributed by atoms with Crippen LogP contribution in [0.15, 0.2) is 47.1 Å². The summed E-state index contributed by atoms with van der Waals surface area (Å²) in [6, 6.07) is 12.8. The van der Waals surface area contributed by atoms with Gasteiger partial charge in [0, 0.05) is 11.8 Å². The zero-order valence-electron chi connectivity index (χ0n) is 9.29. The van der Waals surface area contributed by atoms with E-state index in [1.807, 2.05) is 12.1 Å². The lowest BCUT2D eigenvalue weighted by Gasteiger charge is -1.92. The van der Waals surface area contributed by atoms with Crippen LogP contribution in [0.5, 0.6) is 0 Å². The largest absolute Gasteiger partial charge is 0.359 e. The molecule has 0 atom stereocenters. The van der Waals surface area contributed by atoms with Gasteiger partial charge >= 0.3 is 0 Å². The highest BCUT2D eigenvalue weighted by Gasteiger charge is 2.10. The van der Waals surface area contributed by atoms with Crippen molar-refractivity contribution in [2.45, 2.75) is 0 Å². The summed E-state index contributed by atoms with van der Waals surface area (Å²) in [5, 5.41) is 12.6. The highest BCUT2D eigenvalue weighted by molar-refractivity contribution is 5.58. The fourth-order valence-electron chi connectivity index (χ4n) is 1.61. The molecule has 2 aromatic heterocycles. The number of hydrogen-bond acceptors (Lipinski definition) is 4. The Bertz CT molecular complexity index is 689. The molecule has 0 saturated carbocycles. The Morgan fingerprint density at radius 2 is 2.00 bits per heavy atom. The predicted molar refractivity (Wildman–Crippen MR) is 64.2 cm³/mol. The quantitative estimate of drug-likeness (QED) is 0.741. The van der Waals surface area contributed by atoms with Crippen molar-refractivity contribution in [3.63, 3.8) is 0 Å². The van der Waals surface area contributed by atoms with Crippen molar-refractivity contribution in [3.8, 4) is 29.0 Å². The number of aromatic amines is 1. The molecule has 0 radical (unpaired) electrons. The first-order chi connectivity index (χ1) is 8.86. The molecule has 5 heteroatoms. The van der Waals surface area contributed by atoms with Gasteiger partial charge in [0.25, 0.3) is 5.89 Å². The van der Waals surface area contributed by atoms with Crippen LogP contribution in [0, 0.1) is 11.3 Å². The van der Waals surface area contributed by atoms with Gasteiger partial charge in [-0.3, -0.25) is 0 Å². The molecule has 3 rings (SSSR count). The number of rotatable bonds is 2. The van der Waals surface area contributed by atoms with E-state index in [0.717, 1.165) is 11.3 Å². The number of aromatic nitrogens is 3. The summed E-state index contributed by atoms with van der Waals surface area (Å²) in [6.07, 6.45) is 1.80. The second-order valence-corrected chi connectivity index (χ2v) is 3.70. The van der Waals surface area contributed by atoms with Gasteiger partial charge in [-0.15, -0.1) is 0 Å². The average Bonchev–Trinajstić information content (AvgIpc) is 3.09. The molecule has 5 nitrogen and oxygen atoms in total. The maximum atomic E-state index is 8.72. The molecule has 86 valence electrons. The van der Waals surface area contributed by atoms with Crippen molar-refractivity contribution >= 4 is 0 Å². The number of hydrogen-bond donors (Lipinski definition) is 1. The Labute approximate surface area is 103 Å². The first kappa shape index (κ1) is 10.3. The Morgan fingerprint density at radius 1 is 1.17 bits per heavy atom. The first-order valence-electron chi connectivity index (χ1n) is 5.35. The lowest BCUT2D eigenvalue weighted by atomic mass is 10.1. The van der Waals surface area contributed by atoms with Gasteiger partial charge in [-0.1, -0.05) is 5.16 Å². The molecule has 0 amide bonds. The summed E-state index contributed by atoms with van der Waals surface area (Å²) in [5.74, 6) is 0.948. The molecule has 0 saturated heterocycles. The van der Waals surface area contributed by atoms with E-state index in [2.05, 4.69) is 21.2 Å². The summed E-state index contributed by atoms with van der Waals surface area (Å²) < 4.78 is 5.18. The molecule has 0 aliphatic carbocycles. The highest BCUT2D eigenvalue weighted by atomic mass is 16.5. The van der Waals surface area contributed by atoms with E-state index in [1.54, 1.807) is 30.5 Å². The van der Waals surface area contributed by atoms with Crippen molar-refractivity contribution < 1.29 is 4.52 Å². The van der Waals surface area contributed by atoms with E-state index in [0.29, 0.717) is 17.3 Å². The average molecular weight is 236 g/mol. The molecule has 2 heterocycles. The number of nitrogens with one attached hydrogen (secondary N) is 1. The van der Waals surface area contributed by atoms with E-state index in [1.165, 1.54) is 0 Å². The Hall–Kier alpha value is -2.87. The molecular weight excluding hydrogens is 228 g/mol. The Balaban J connectivity index is 1.95. The van der Waals surface area contributed by atoms with Gasteiger partial charge in [0.05, 0.1) is 17.3 Å². The molecule has 0 aliphatic rings. The number of nitrogens with zero attached hydrogens (tertiary/aromatic N) is 3. The minimum atomic E-state index is 0.434. The molecule has 3 aromatic rings. The van der Waals surface area contributed by atoms with Gasteiger partial charge in [-0.05, 0) is 36.4 Å². The maximum absolute atomic E-state index is 8.72. The van der Waals surface area contributed by atoms with Gasteiger partial charge in [-0.25, -0.2) is 0 Å². The molecule has 0 bridgehead atoms. The monoisotopic (exact) mass is 236 g/mol. The van der Waals surface area contributed by atoms with Crippen LogP contribution in [-0.2, 0) is 0 Å². The van der Waals surface area contributed by atoms with Crippen LogP contribution in [0.3, 0.4) is 0 Å². The second-order valence-electron chi connectivity index (χ2n) is 3.70. The van der Waals surface area contributed by atoms with E-state index in [-0.39, 0.29) is 0 Å². The third kappa shape index (κ3) is 1.76. The van der Waals surface area contributed by atoms with Gasteiger partial charge in [0.1, 0.15) is 0 Å². The third-order valence-corrected chi connectivity index (χ3v) is 2.53. The molecular formula is C13H8N4O. The van der Waals surface area contributed by atoms with Crippen LogP contribution in [-0.4, -0.2) is 15.1 Å². The lowest BCUT2D eigenvalue weighted by Crippen LogP contribution is -1.81. The molecule has 0 unspecified atom stereocenters. The summed E-state index contributed by atoms with van der Waals surface area (Å²) in [4.78, 5) is 7.29. The normalized spacial score (nSPS) is 10.2. The van der Waals surface area contributed by atoms with Crippen molar-refractivity contribution in [2.75, 3.05) is 0 Å². The minimum Gasteiger partial charge on any atom is -0.359 e. The maximum Gasteiger partial charge on any atom is 0.258 e. The molecule has 0 fully saturated rings. The van der Waals surface area contributed by atoms with Gasteiger partial charge in [0.2, 0.25) is 5.82 Å². The standard InChI is InChI=1S/C13H8N4O/c14-8-9-3-5-10(6-4-9)13-16-12(17-18-13)11-2-1-7-15-11/h1-7,15H. The summed E-state index contributed by atoms with van der Waals surface area (Å²) in [7, 11) is 0. The summed E-state index contributed by atoms with van der Waals surface area (Å²) in [5.41, 5.74) is 2.20. The van der Waals surface area contributed by atoms with Crippen molar-refractivity contribution in [2.24, 2.45) is 0 Å². The smallest absolute Gasteiger partial charge is 0.258 e. The second kappa shape index (κ2) is 4.18. The molecule has 1 N–H and O–H groups in total. The van der Waals surface area contributed by atoms with Crippen molar-refractivity contribution in [3.05, 3.63) is 48.2 Å². The van der Waals surface area contributed by atoms with Crippen molar-refractivity contribution in [1.82, 2.24) is 15.1 Å². The summed E-state index contributed by atoms with van der Waals surface area (Å²) >= 11 is 0. The fourth-order valence-corrected chi connectivity index (χ4v) is 1.61. The molecule has 1 aromatic carbocycles. The van der Waals surface area contributed by atoms with Crippen LogP contribution < -0.4 is 0 Å². The Morgan fingerprint density at radius 3 is 2.67 bits per heavy atom. The van der Waals surface area contributed by atoms with Crippen LogP contribution in [0.1, 0.15) is 5.56 Å². The third-order valence-electron chi connectivity index (χ3n) is 2.53. The minimum absolute atomic E-state index is 0.434. The Kier molecular flexibility index (Phi) is 2.39. The van der Waals surface area contributed by atoms with E-state index >= 15 is 0 Å². The topological polar surface area (TPSA) is 78.5 Å². The summed E-state index contributed by atoms with van der Waals surface area (Å²) in [6.45, 7) is 0. The van der Waals surface area contributed by atoms with E-state index in [9.17, 15) is 0 Å². The SMILES string of the molecule is N#Cc1ccc(-c2nc(-c3ccc[nH]3)no2)cc1. The van der Waals surface area contributed by atoms with Crippen LogP contribution in [0.2, 0.25) is 0 Å². The fraction of sp³-hybridized carbons (Fsp3) is 0. The van der Waals surface area contributed by atoms with Crippen LogP contribution in [0.25, 0.3) is 23.0 Å². The van der Waals surface area contributed by atoms with E-state index in [4.69, 9.17) is 9.78 Å². The number of nitriles is 1. The van der Waals surface area contributed by atoms with Crippen LogP contribution in [0.4, 0.5) is 0 Å². The molecule has 0 spiro atoms. The van der Waals surface area contributed by atoms with Crippen LogP contribution >= 0.6 is 0 Å². The van der Waals surface area contributed by atoms with Gasteiger partial charge in [0.15, 0.2) is 0 Å². The van der Waals surface area contributed by atoms with Gasteiger partial charge in [-0.2, -0.15) is 10.2 Å². The highest BCUT2D eigenvalue weighted by Crippen LogP contribution is 2.21. The predicted octanol–water partition coefficient (Wildman–Crippen LogP) is 2.60. The zero-order valence-corrected chi connectivity index (χ0v) is 9.29. The van der Waals surface area contributed by atoms with Crippen molar-refractivity contribution in [1.29, 1.82) is 5.26 Å². The zero-order chi connectivity index (χ0) is 12.4. The number of H-pyrrole nitrogens is 1. The lowest BCUT2D eigenvalue weighted by molar-refractivity contribution is 0.432. The van der Waals surface area contributed by atoms with E-state index < -0.39 is 0 Å². The van der Waals surface area contributed by atoms with Gasteiger partial charge < -0.3 is 9.51 Å². The molecule has 18 heavy (non-hydrogen) atoms.